The van der Waals surface area contributed by atoms with Gasteiger partial charge in [-0.3, -0.25) is 10.1 Å². The normalized spacial score (nSPS) is 16.8. The molecule has 0 saturated heterocycles. The van der Waals surface area contributed by atoms with E-state index in [2.05, 4.69) is 21.3 Å². The maximum Gasteiger partial charge on any atom is 0.230 e. The Bertz CT molecular complexity index is 811. The van der Waals surface area contributed by atoms with Gasteiger partial charge in [-0.2, -0.15) is 0 Å². The third-order valence-electron chi connectivity index (χ3n) is 4.63. The van der Waals surface area contributed by atoms with Crippen LogP contribution < -0.4 is 21.3 Å². The fraction of sp³-hybridized carbons (Fsp3) is 0.318. The molecule has 154 valence electrons. The van der Waals surface area contributed by atoms with E-state index in [1.165, 1.54) is 5.56 Å². The molecule has 6 nitrogen and oxygen atoms in total. The second-order valence-corrected chi connectivity index (χ2v) is 7.87. The highest BCUT2D eigenvalue weighted by atomic mass is 32.2. The molecule has 7 heteroatoms. The van der Waals surface area contributed by atoms with Crippen molar-refractivity contribution in [2.24, 2.45) is 0 Å². The Labute approximate surface area is 176 Å². The molecule has 1 amide bonds. The summed E-state index contributed by atoms with van der Waals surface area (Å²) in [6.45, 7) is 1.30. The van der Waals surface area contributed by atoms with Crippen LogP contribution in [0.4, 0.5) is 5.69 Å². The van der Waals surface area contributed by atoms with Gasteiger partial charge in [-0.1, -0.05) is 54.2 Å². The van der Waals surface area contributed by atoms with Gasteiger partial charge in [0.05, 0.1) is 12.5 Å². The average Bonchev–Trinajstić information content (AvgIpc) is 3.20. The van der Waals surface area contributed by atoms with Crippen LogP contribution in [-0.2, 0) is 11.2 Å². The Hall–Kier alpha value is -2.32. The molecule has 2 atom stereocenters. The largest absolute Gasteiger partial charge is 0.387 e. The SMILES string of the molecule is CNC1NC(CC(=O)Nc2ccc(CCNCC(O)c3ccccc3)cc2)=CS1. The summed E-state index contributed by atoms with van der Waals surface area (Å²) in [5.74, 6) is -0.0366. The third-order valence-corrected chi connectivity index (χ3v) is 5.67. The maximum atomic E-state index is 12.2. The average molecular weight is 413 g/mol. The van der Waals surface area contributed by atoms with Gasteiger partial charge in [0.15, 0.2) is 0 Å². The molecule has 0 fully saturated rings. The fourth-order valence-electron chi connectivity index (χ4n) is 3.02. The van der Waals surface area contributed by atoms with Gasteiger partial charge in [0.1, 0.15) is 5.50 Å². The minimum Gasteiger partial charge on any atom is -0.387 e. The Balaban J connectivity index is 1.36. The Morgan fingerprint density at radius 1 is 1.17 bits per heavy atom. The van der Waals surface area contributed by atoms with Crippen molar-refractivity contribution < 1.29 is 9.90 Å². The number of carbonyl (C=O) groups is 1. The van der Waals surface area contributed by atoms with Crippen LogP contribution in [0.3, 0.4) is 0 Å². The second-order valence-electron chi connectivity index (χ2n) is 6.89. The lowest BCUT2D eigenvalue weighted by Gasteiger charge is -2.12. The Kier molecular flexibility index (Phi) is 8.13. The molecule has 2 aromatic rings. The molecule has 1 heterocycles. The number of benzene rings is 2. The topological polar surface area (TPSA) is 85.4 Å². The van der Waals surface area contributed by atoms with Crippen LogP contribution in [0.5, 0.6) is 0 Å². The number of aliphatic hydroxyl groups is 1. The van der Waals surface area contributed by atoms with Crippen molar-refractivity contribution in [2.45, 2.75) is 24.4 Å². The number of hydrogen-bond acceptors (Lipinski definition) is 6. The quantitative estimate of drug-likeness (QED) is 0.386. The van der Waals surface area contributed by atoms with Crippen molar-refractivity contribution in [3.8, 4) is 0 Å². The van der Waals surface area contributed by atoms with E-state index < -0.39 is 6.10 Å². The van der Waals surface area contributed by atoms with Gasteiger partial charge < -0.3 is 21.1 Å². The van der Waals surface area contributed by atoms with E-state index in [0.717, 1.165) is 29.9 Å². The minimum atomic E-state index is -0.500. The van der Waals surface area contributed by atoms with E-state index in [-0.39, 0.29) is 11.4 Å². The number of rotatable bonds is 10. The molecule has 0 radical (unpaired) electrons. The van der Waals surface area contributed by atoms with Crippen molar-refractivity contribution >= 4 is 23.4 Å². The lowest BCUT2D eigenvalue weighted by molar-refractivity contribution is -0.115. The molecule has 1 aliphatic rings. The van der Waals surface area contributed by atoms with Gasteiger partial charge in [0.25, 0.3) is 0 Å². The first-order chi connectivity index (χ1) is 14.1. The lowest BCUT2D eigenvalue weighted by Crippen LogP contribution is -2.33. The Morgan fingerprint density at radius 3 is 2.62 bits per heavy atom. The smallest absolute Gasteiger partial charge is 0.230 e. The molecule has 0 aliphatic carbocycles. The van der Waals surface area contributed by atoms with Crippen molar-refractivity contribution in [2.75, 3.05) is 25.5 Å². The molecular formula is C22H28N4O2S. The van der Waals surface area contributed by atoms with Crippen LogP contribution in [0.2, 0.25) is 0 Å². The van der Waals surface area contributed by atoms with Crippen LogP contribution in [0, 0.1) is 0 Å². The first kappa shape index (κ1) is 21.4. The van der Waals surface area contributed by atoms with Crippen molar-refractivity contribution in [3.05, 3.63) is 76.8 Å². The van der Waals surface area contributed by atoms with Gasteiger partial charge in [-0.05, 0) is 48.7 Å². The summed E-state index contributed by atoms with van der Waals surface area (Å²) in [6.07, 6.45) is 0.690. The summed E-state index contributed by atoms with van der Waals surface area (Å²) in [4.78, 5) is 12.2. The van der Waals surface area contributed by atoms with Gasteiger partial charge in [0, 0.05) is 17.9 Å². The molecule has 2 unspecified atom stereocenters. The molecule has 0 bridgehead atoms. The second kappa shape index (κ2) is 11.0. The van der Waals surface area contributed by atoms with Gasteiger partial charge >= 0.3 is 0 Å². The highest BCUT2D eigenvalue weighted by molar-refractivity contribution is 8.02. The standard InChI is InChI=1S/C22H28N4O2S/c1-23-22-26-19(15-29-22)13-21(28)25-18-9-7-16(8-10-18)11-12-24-14-20(27)17-5-3-2-4-6-17/h2-10,15,20,22-24,26-27H,11-14H2,1H3,(H,25,28). The summed E-state index contributed by atoms with van der Waals surface area (Å²) in [6, 6.07) is 17.5. The van der Waals surface area contributed by atoms with E-state index in [9.17, 15) is 9.90 Å². The number of nitrogens with one attached hydrogen (secondary N) is 4. The van der Waals surface area contributed by atoms with Gasteiger partial charge in [0.2, 0.25) is 5.91 Å². The summed E-state index contributed by atoms with van der Waals surface area (Å²) in [7, 11) is 1.88. The number of anilines is 1. The molecule has 0 aromatic heterocycles. The highest BCUT2D eigenvalue weighted by Gasteiger charge is 2.16. The minimum absolute atomic E-state index is 0.0366. The molecule has 0 spiro atoms. The molecule has 1 aliphatic heterocycles. The van der Waals surface area contributed by atoms with E-state index in [4.69, 9.17) is 0 Å². The Morgan fingerprint density at radius 2 is 1.93 bits per heavy atom. The molecule has 3 rings (SSSR count). The highest BCUT2D eigenvalue weighted by Crippen LogP contribution is 2.21. The molecule has 5 N–H and O–H groups in total. The van der Waals surface area contributed by atoms with Crippen molar-refractivity contribution in [3.63, 3.8) is 0 Å². The fourth-order valence-corrected chi connectivity index (χ4v) is 3.82. The molecule has 29 heavy (non-hydrogen) atoms. The number of amides is 1. The van der Waals surface area contributed by atoms with E-state index in [1.807, 2.05) is 67.1 Å². The third kappa shape index (κ3) is 6.90. The van der Waals surface area contributed by atoms with Crippen molar-refractivity contribution in [1.82, 2.24) is 16.0 Å². The summed E-state index contributed by atoms with van der Waals surface area (Å²) in [5.41, 5.74) is 3.95. The molecule has 0 saturated carbocycles. The lowest BCUT2D eigenvalue weighted by atomic mass is 10.1. The summed E-state index contributed by atoms with van der Waals surface area (Å²) < 4.78 is 0. The zero-order chi connectivity index (χ0) is 20.5. The number of aliphatic hydroxyl groups excluding tert-OH is 1. The predicted octanol–water partition coefficient (Wildman–Crippen LogP) is 2.56. The van der Waals surface area contributed by atoms with E-state index in [0.29, 0.717) is 13.0 Å². The summed E-state index contributed by atoms with van der Waals surface area (Å²) in [5, 5.41) is 24.7. The molecular weight excluding hydrogens is 384 g/mol. The van der Waals surface area contributed by atoms with Gasteiger partial charge in [-0.15, -0.1) is 0 Å². The summed E-state index contributed by atoms with van der Waals surface area (Å²) >= 11 is 1.62. The van der Waals surface area contributed by atoms with E-state index >= 15 is 0 Å². The van der Waals surface area contributed by atoms with Crippen LogP contribution >= 0.6 is 11.8 Å². The monoisotopic (exact) mass is 412 g/mol. The van der Waals surface area contributed by atoms with Crippen LogP contribution in [0.25, 0.3) is 0 Å². The zero-order valence-corrected chi connectivity index (χ0v) is 17.3. The first-order valence-electron chi connectivity index (χ1n) is 9.75. The number of thioether (sulfide) groups is 1. The van der Waals surface area contributed by atoms with E-state index in [1.54, 1.807) is 11.8 Å². The number of hydrogen-bond donors (Lipinski definition) is 5. The zero-order valence-electron chi connectivity index (χ0n) is 16.5. The van der Waals surface area contributed by atoms with Crippen LogP contribution in [0.15, 0.2) is 65.7 Å². The predicted molar refractivity (Wildman–Crippen MR) is 119 cm³/mol. The number of carbonyl (C=O) groups excluding carboxylic acids is 1. The van der Waals surface area contributed by atoms with Gasteiger partial charge in [-0.25, -0.2) is 0 Å². The first-order valence-corrected chi connectivity index (χ1v) is 10.7. The molecule has 2 aromatic carbocycles. The van der Waals surface area contributed by atoms with Crippen LogP contribution in [-0.4, -0.2) is 36.6 Å². The maximum absolute atomic E-state index is 12.2. The van der Waals surface area contributed by atoms with Crippen LogP contribution in [0.1, 0.15) is 23.7 Å². The van der Waals surface area contributed by atoms with Crippen molar-refractivity contribution in [1.29, 1.82) is 0 Å².